The van der Waals surface area contributed by atoms with Gasteiger partial charge in [0.2, 0.25) is 0 Å². The molecule has 30 heavy (non-hydrogen) atoms. The van der Waals surface area contributed by atoms with E-state index < -0.39 is 15.1 Å². The number of benzene rings is 2. The lowest BCUT2D eigenvalue weighted by Gasteiger charge is -2.33. The Morgan fingerprint density at radius 1 is 1.03 bits per heavy atom. The van der Waals surface area contributed by atoms with Crippen molar-refractivity contribution in [3.63, 3.8) is 0 Å². The first-order chi connectivity index (χ1) is 14.3. The highest BCUT2D eigenvalue weighted by Gasteiger charge is 2.20. The molecule has 0 aliphatic carbocycles. The summed E-state index contributed by atoms with van der Waals surface area (Å²) in [5.41, 5.74) is 2.78. The summed E-state index contributed by atoms with van der Waals surface area (Å²) in [4.78, 5) is 15.2. The molecule has 3 rings (SSSR count). The number of hydrogen-bond donors (Lipinski definition) is 1. The van der Waals surface area contributed by atoms with Gasteiger partial charge in [0.05, 0.1) is 10.1 Å². The predicted octanol–water partition coefficient (Wildman–Crippen LogP) is 4.17. The summed E-state index contributed by atoms with van der Waals surface area (Å²) in [6.45, 7) is 8.16. The van der Waals surface area contributed by atoms with Crippen LogP contribution in [-0.4, -0.2) is 37.1 Å². The third-order valence-electron chi connectivity index (χ3n) is 5.87. The summed E-state index contributed by atoms with van der Waals surface area (Å²) in [7, 11) is -3.33. The molecule has 1 aliphatic rings. The fourth-order valence-electron chi connectivity index (χ4n) is 3.74. The SMILES string of the molecule is CC1CCCCN1Cc1ccc(CNC(=O)c2ccc(S(=O)(=O)C(C)C)cc2)cc1. The van der Waals surface area contributed by atoms with Crippen molar-refractivity contribution >= 4 is 15.7 Å². The van der Waals surface area contributed by atoms with Crippen LogP contribution in [0.2, 0.25) is 0 Å². The zero-order valence-corrected chi connectivity index (χ0v) is 18.9. The number of nitrogens with zero attached hydrogens (tertiary/aromatic N) is 1. The molecule has 1 amide bonds. The molecule has 0 spiro atoms. The number of nitrogens with one attached hydrogen (secondary N) is 1. The lowest BCUT2D eigenvalue weighted by molar-refractivity contribution is 0.0951. The number of rotatable bonds is 7. The van der Waals surface area contributed by atoms with Crippen LogP contribution in [0.1, 0.15) is 61.5 Å². The summed E-state index contributed by atoms with van der Waals surface area (Å²) in [5.74, 6) is -0.213. The number of carbonyl (C=O) groups excluding carboxylic acids is 1. The molecule has 1 aliphatic heterocycles. The highest BCUT2D eigenvalue weighted by atomic mass is 32.2. The van der Waals surface area contributed by atoms with Crippen LogP contribution in [-0.2, 0) is 22.9 Å². The Morgan fingerprint density at radius 3 is 2.27 bits per heavy atom. The van der Waals surface area contributed by atoms with E-state index in [1.165, 1.54) is 37.0 Å². The van der Waals surface area contributed by atoms with Gasteiger partial charge in [0.25, 0.3) is 5.91 Å². The molecule has 1 N–H and O–H groups in total. The van der Waals surface area contributed by atoms with Gasteiger partial charge in [-0.1, -0.05) is 30.7 Å². The molecular formula is C24H32N2O3S. The number of piperidine rings is 1. The molecule has 2 aromatic rings. The van der Waals surface area contributed by atoms with Gasteiger partial charge in [0, 0.05) is 24.7 Å². The molecule has 162 valence electrons. The van der Waals surface area contributed by atoms with Crippen molar-refractivity contribution in [3.8, 4) is 0 Å². The molecule has 0 saturated carbocycles. The maximum absolute atomic E-state index is 12.4. The average Bonchev–Trinajstić information content (AvgIpc) is 2.74. The van der Waals surface area contributed by atoms with Crippen LogP contribution < -0.4 is 5.32 Å². The topological polar surface area (TPSA) is 66.5 Å². The van der Waals surface area contributed by atoms with Gasteiger partial charge in [-0.15, -0.1) is 0 Å². The maximum Gasteiger partial charge on any atom is 0.251 e. The Hall–Kier alpha value is -2.18. The monoisotopic (exact) mass is 428 g/mol. The van der Waals surface area contributed by atoms with Gasteiger partial charge < -0.3 is 5.32 Å². The lowest BCUT2D eigenvalue weighted by Crippen LogP contribution is -2.36. The molecular weight excluding hydrogens is 396 g/mol. The Bertz CT molecular complexity index is 951. The summed E-state index contributed by atoms with van der Waals surface area (Å²) in [6.07, 6.45) is 3.87. The van der Waals surface area contributed by atoms with E-state index in [1.54, 1.807) is 26.0 Å². The molecule has 1 atom stereocenters. The summed E-state index contributed by atoms with van der Waals surface area (Å²) in [5, 5.41) is 2.42. The van der Waals surface area contributed by atoms with E-state index in [0.717, 1.165) is 18.7 Å². The quantitative estimate of drug-likeness (QED) is 0.719. The zero-order chi connectivity index (χ0) is 21.7. The normalized spacial score (nSPS) is 17.8. The molecule has 6 heteroatoms. The van der Waals surface area contributed by atoms with E-state index in [-0.39, 0.29) is 10.8 Å². The second kappa shape index (κ2) is 9.75. The van der Waals surface area contributed by atoms with E-state index in [9.17, 15) is 13.2 Å². The smallest absolute Gasteiger partial charge is 0.251 e. The first kappa shape index (κ1) is 22.5. The third kappa shape index (κ3) is 5.49. The van der Waals surface area contributed by atoms with Crippen molar-refractivity contribution in [2.75, 3.05) is 6.54 Å². The highest BCUT2D eigenvalue weighted by molar-refractivity contribution is 7.92. The standard InChI is InChI=1S/C24H32N2O3S/c1-18(2)30(28,29)23-13-11-22(12-14-23)24(27)25-16-20-7-9-21(10-8-20)17-26-15-5-4-6-19(26)3/h7-14,18-19H,4-6,15-17H2,1-3H3,(H,25,27). The van der Waals surface area contributed by atoms with Crippen LogP contribution in [0, 0.1) is 0 Å². The van der Waals surface area contributed by atoms with E-state index in [4.69, 9.17) is 0 Å². The van der Waals surface area contributed by atoms with Crippen molar-refractivity contribution in [2.45, 2.75) is 69.3 Å². The second-order valence-corrected chi connectivity index (χ2v) is 10.9. The van der Waals surface area contributed by atoms with Crippen LogP contribution in [0.3, 0.4) is 0 Å². The Balaban J connectivity index is 1.54. The van der Waals surface area contributed by atoms with Gasteiger partial charge in [0.1, 0.15) is 0 Å². The van der Waals surface area contributed by atoms with Gasteiger partial charge >= 0.3 is 0 Å². The summed E-state index contributed by atoms with van der Waals surface area (Å²) in [6, 6.07) is 15.1. The Kier molecular flexibility index (Phi) is 7.32. The molecule has 1 heterocycles. The summed E-state index contributed by atoms with van der Waals surface area (Å²) >= 11 is 0. The van der Waals surface area contributed by atoms with Crippen LogP contribution in [0.4, 0.5) is 0 Å². The predicted molar refractivity (Wildman–Crippen MR) is 120 cm³/mol. The minimum absolute atomic E-state index is 0.213. The van der Waals surface area contributed by atoms with Crippen LogP contribution >= 0.6 is 0 Å². The molecule has 2 aromatic carbocycles. The second-order valence-electron chi connectivity index (χ2n) is 8.43. The summed E-state index contributed by atoms with van der Waals surface area (Å²) < 4.78 is 24.4. The molecule has 1 saturated heterocycles. The fourth-order valence-corrected chi connectivity index (χ4v) is 4.80. The molecule has 0 bridgehead atoms. The van der Waals surface area contributed by atoms with Crippen molar-refractivity contribution < 1.29 is 13.2 Å². The largest absolute Gasteiger partial charge is 0.348 e. The Labute approximate surface area is 180 Å². The van der Waals surface area contributed by atoms with Crippen LogP contribution in [0.25, 0.3) is 0 Å². The number of likely N-dealkylation sites (tertiary alicyclic amines) is 1. The molecule has 0 radical (unpaired) electrons. The highest BCUT2D eigenvalue weighted by Crippen LogP contribution is 2.19. The van der Waals surface area contributed by atoms with Crippen molar-refractivity contribution in [1.29, 1.82) is 0 Å². The van der Waals surface area contributed by atoms with Gasteiger partial charge in [0.15, 0.2) is 9.84 Å². The van der Waals surface area contributed by atoms with Crippen molar-refractivity contribution in [1.82, 2.24) is 10.2 Å². The lowest BCUT2D eigenvalue weighted by atomic mass is 10.0. The number of hydrogen-bond acceptors (Lipinski definition) is 4. The molecule has 0 aromatic heterocycles. The minimum atomic E-state index is -3.33. The fraction of sp³-hybridized carbons (Fsp3) is 0.458. The van der Waals surface area contributed by atoms with E-state index >= 15 is 0 Å². The average molecular weight is 429 g/mol. The van der Waals surface area contributed by atoms with Gasteiger partial charge in [-0.2, -0.15) is 0 Å². The minimum Gasteiger partial charge on any atom is -0.348 e. The maximum atomic E-state index is 12.4. The van der Waals surface area contributed by atoms with Crippen LogP contribution in [0.15, 0.2) is 53.4 Å². The van der Waals surface area contributed by atoms with E-state index in [1.807, 2.05) is 0 Å². The Morgan fingerprint density at radius 2 is 1.67 bits per heavy atom. The van der Waals surface area contributed by atoms with E-state index in [2.05, 4.69) is 41.4 Å². The molecule has 1 unspecified atom stereocenters. The van der Waals surface area contributed by atoms with Crippen LogP contribution in [0.5, 0.6) is 0 Å². The molecule has 1 fully saturated rings. The van der Waals surface area contributed by atoms with Crippen molar-refractivity contribution in [2.24, 2.45) is 0 Å². The van der Waals surface area contributed by atoms with Gasteiger partial charge in [-0.05, 0) is 75.5 Å². The number of carbonyl (C=O) groups is 1. The van der Waals surface area contributed by atoms with E-state index in [0.29, 0.717) is 18.2 Å². The van der Waals surface area contributed by atoms with Gasteiger partial charge in [-0.3, -0.25) is 9.69 Å². The molecule has 5 nitrogen and oxygen atoms in total. The van der Waals surface area contributed by atoms with Crippen molar-refractivity contribution in [3.05, 3.63) is 65.2 Å². The zero-order valence-electron chi connectivity index (χ0n) is 18.1. The first-order valence-electron chi connectivity index (χ1n) is 10.7. The first-order valence-corrected chi connectivity index (χ1v) is 12.3. The van der Waals surface area contributed by atoms with Gasteiger partial charge in [-0.25, -0.2) is 8.42 Å². The number of sulfone groups is 1. The third-order valence-corrected chi connectivity index (χ3v) is 8.04. The number of amides is 1.